The lowest BCUT2D eigenvalue weighted by Crippen LogP contribution is -2.39. The second-order valence-electron chi connectivity index (χ2n) is 7.35. The van der Waals surface area contributed by atoms with Crippen LogP contribution in [0.3, 0.4) is 0 Å². The normalized spacial score (nSPS) is 15.9. The van der Waals surface area contributed by atoms with Crippen molar-refractivity contribution >= 4 is 40.3 Å². The summed E-state index contributed by atoms with van der Waals surface area (Å²) in [6.07, 6.45) is -4.14. The largest absolute Gasteiger partial charge is 0.490 e. The number of rotatable bonds is 6. The van der Waals surface area contributed by atoms with E-state index in [-0.39, 0.29) is 18.2 Å². The molecule has 1 atom stereocenters. The van der Waals surface area contributed by atoms with Crippen LogP contribution in [-0.4, -0.2) is 88.0 Å². The van der Waals surface area contributed by atoms with E-state index >= 15 is 0 Å². The number of hydrogen-bond donors (Lipinski definition) is 6. The van der Waals surface area contributed by atoms with Gasteiger partial charge in [0.2, 0.25) is 0 Å². The van der Waals surface area contributed by atoms with Crippen molar-refractivity contribution < 1.29 is 42.6 Å². The quantitative estimate of drug-likeness (QED) is 0.298. The number of carboxylic acid groups (broad SMARTS) is 1. The summed E-state index contributed by atoms with van der Waals surface area (Å²) in [7, 11) is 0. The van der Waals surface area contributed by atoms with E-state index in [1.54, 1.807) is 12.1 Å². The summed E-state index contributed by atoms with van der Waals surface area (Å²) in [6, 6.07) is 4.76. The van der Waals surface area contributed by atoms with Gasteiger partial charge in [0.05, 0.1) is 5.52 Å². The van der Waals surface area contributed by atoms with Crippen LogP contribution in [0.5, 0.6) is 0 Å². The predicted molar refractivity (Wildman–Crippen MR) is 112 cm³/mol. The Hall–Kier alpha value is -3.72. The summed E-state index contributed by atoms with van der Waals surface area (Å²) >= 11 is 0. The lowest BCUT2D eigenvalue weighted by Gasteiger charge is -2.15. The number of anilines is 1. The molecule has 2 aromatic rings. The number of primary amides is 1. The van der Waals surface area contributed by atoms with Crippen LogP contribution in [0.4, 0.5) is 18.9 Å². The molecule has 15 heteroatoms. The van der Waals surface area contributed by atoms with Crippen LogP contribution in [0, 0.1) is 5.92 Å². The molecule has 0 bridgehead atoms. The van der Waals surface area contributed by atoms with Crippen molar-refractivity contribution in [3.05, 3.63) is 23.9 Å². The van der Waals surface area contributed by atoms with Crippen molar-refractivity contribution in [3.63, 3.8) is 0 Å². The van der Waals surface area contributed by atoms with Crippen LogP contribution in [0.1, 0.15) is 16.9 Å². The van der Waals surface area contributed by atoms with Crippen molar-refractivity contribution in [2.75, 3.05) is 38.1 Å². The van der Waals surface area contributed by atoms with Crippen LogP contribution >= 0.6 is 0 Å². The molecule has 0 saturated carbocycles. The van der Waals surface area contributed by atoms with Gasteiger partial charge in [0.15, 0.2) is 5.69 Å². The molecule has 1 aliphatic rings. The number of carbonyl (C=O) groups is 4. The number of carbonyl (C=O) groups excluding carboxylic acids is 3. The molecule has 3 amide bonds. The SMILES string of the molecule is NC(=O)c1n[nH]c2ccc(NC(=O)C(=O)NCCN3CCC(CO)C3)cc12.O=C(O)C(F)(F)F. The Morgan fingerprint density at radius 2 is 1.91 bits per heavy atom. The average Bonchev–Trinajstić information content (AvgIpc) is 3.39. The van der Waals surface area contributed by atoms with Crippen LogP contribution in [0.25, 0.3) is 10.9 Å². The Bertz CT molecular complexity index is 1060. The number of aliphatic hydroxyl groups excluding tert-OH is 1. The molecule has 1 unspecified atom stereocenters. The van der Waals surface area contributed by atoms with Crippen molar-refractivity contribution in [3.8, 4) is 0 Å². The van der Waals surface area contributed by atoms with Gasteiger partial charge in [-0.2, -0.15) is 18.3 Å². The molecule has 186 valence electrons. The second kappa shape index (κ2) is 11.4. The number of likely N-dealkylation sites (tertiary alicyclic amines) is 1. The first-order chi connectivity index (χ1) is 15.9. The fraction of sp³-hybridized carbons (Fsp3) is 0.421. The number of nitrogens with two attached hydrogens (primary N) is 1. The first-order valence-corrected chi connectivity index (χ1v) is 9.92. The van der Waals surface area contributed by atoms with E-state index in [9.17, 15) is 27.6 Å². The van der Waals surface area contributed by atoms with E-state index in [4.69, 9.17) is 20.7 Å². The molecule has 1 saturated heterocycles. The molecule has 3 rings (SSSR count). The number of amides is 3. The number of H-pyrrole nitrogens is 1. The number of aromatic nitrogens is 2. The fourth-order valence-corrected chi connectivity index (χ4v) is 3.14. The Morgan fingerprint density at radius 1 is 1.24 bits per heavy atom. The lowest BCUT2D eigenvalue weighted by atomic mass is 10.1. The van der Waals surface area contributed by atoms with Crippen molar-refractivity contribution in [2.45, 2.75) is 12.6 Å². The molecule has 0 radical (unpaired) electrons. The van der Waals surface area contributed by atoms with Crippen LogP contribution in [-0.2, 0) is 14.4 Å². The van der Waals surface area contributed by atoms with Crippen molar-refractivity contribution in [2.24, 2.45) is 11.7 Å². The van der Waals surface area contributed by atoms with E-state index < -0.39 is 29.9 Å². The third-order valence-electron chi connectivity index (χ3n) is 4.84. The second-order valence-corrected chi connectivity index (χ2v) is 7.35. The Labute approximate surface area is 190 Å². The fourth-order valence-electron chi connectivity index (χ4n) is 3.14. The van der Waals surface area contributed by atoms with E-state index in [1.807, 2.05) is 0 Å². The maximum atomic E-state index is 12.0. The van der Waals surface area contributed by atoms with Gasteiger partial charge in [-0.05, 0) is 37.1 Å². The average molecular weight is 488 g/mol. The summed E-state index contributed by atoms with van der Waals surface area (Å²) in [5.74, 6) is -4.70. The number of hydrogen-bond acceptors (Lipinski definition) is 7. The minimum Gasteiger partial charge on any atom is -0.475 e. The zero-order chi connectivity index (χ0) is 25.5. The minimum atomic E-state index is -5.08. The van der Waals surface area contributed by atoms with E-state index in [1.165, 1.54) is 6.07 Å². The van der Waals surface area contributed by atoms with E-state index in [0.717, 1.165) is 19.5 Å². The third kappa shape index (κ3) is 7.41. The highest BCUT2D eigenvalue weighted by Crippen LogP contribution is 2.20. The molecular formula is C19H23F3N6O6. The van der Waals surface area contributed by atoms with Gasteiger partial charge in [-0.15, -0.1) is 0 Å². The van der Waals surface area contributed by atoms with E-state index in [2.05, 4.69) is 25.7 Å². The molecule has 1 aromatic heterocycles. The molecular weight excluding hydrogens is 465 g/mol. The molecule has 1 aliphatic heterocycles. The van der Waals surface area contributed by atoms with Crippen LogP contribution in [0.15, 0.2) is 18.2 Å². The third-order valence-corrected chi connectivity index (χ3v) is 4.84. The Balaban J connectivity index is 0.000000509. The first-order valence-electron chi connectivity index (χ1n) is 9.92. The number of alkyl halides is 3. The topological polar surface area (TPSA) is 191 Å². The van der Waals surface area contributed by atoms with Crippen LogP contribution < -0.4 is 16.4 Å². The molecule has 34 heavy (non-hydrogen) atoms. The van der Waals surface area contributed by atoms with Gasteiger partial charge in [0, 0.05) is 37.3 Å². The van der Waals surface area contributed by atoms with Gasteiger partial charge < -0.3 is 31.5 Å². The highest BCUT2D eigenvalue weighted by Gasteiger charge is 2.38. The number of aliphatic carboxylic acids is 1. The number of aliphatic hydroxyl groups is 1. The summed E-state index contributed by atoms with van der Waals surface area (Å²) < 4.78 is 31.7. The van der Waals surface area contributed by atoms with Crippen molar-refractivity contribution in [1.82, 2.24) is 20.4 Å². The molecule has 1 fully saturated rings. The summed E-state index contributed by atoms with van der Waals surface area (Å²) in [5, 5.41) is 28.3. The van der Waals surface area contributed by atoms with Gasteiger partial charge in [-0.3, -0.25) is 19.5 Å². The Morgan fingerprint density at radius 3 is 2.47 bits per heavy atom. The number of nitrogens with one attached hydrogen (secondary N) is 3. The monoisotopic (exact) mass is 488 g/mol. The number of halogens is 3. The summed E-state index contributed by atoms with van der Waals surface area (Å²) in [5.41, 5.74) is 6.28. The maximum absolute atomic E-state index is 12.0. The van der Waals surface area contributed by atoms with Crippen molar-refractivity contribution in [1.29, 1.82) is 0 Å². The van der Waals surface area contributed by atoms with Gasteiger partial charge in [-0.1, -0.05) is 0 Å². The number of aromatic amines is 1. The highest BCUT2D eigenvalue weighted by molar-refractivity contribution is 6.39. The minimum absolute atomic E-state index is 0.0670. The molecule has 2 heterocycles. The predicted octanol–water partition coefficient (Wildman–Crippen LogP) is -0.336. The zero-order valence-electron chi connectivity index (χ0n) is 17.7. The number of benzene rings is 1. The molecule has 7 N–H and O–H groups in total. The van der Waals surface area contributed by atoms with Gasteiger partial charge in [0.1, 0.15) is 0 Å². The van der Waals surface area contributed by atoms with Crippen LogP contribution in [0.2, 0.25) is 0 Å². The Kier molecular flexibility index (Phi) is 8.91. The number of carboxylic acids is 1. The molecule has 0 aliphatic carbocycles. The zero-order valence-corrected chi connectivity index (χ0v) is 17.7. The molecule has 12 nitrogen and oxygen atoms in total. The standard InChI is InChI=1S/C17H22N6O4.C2HF3O2/c18-15(25)14-12-7-11(1-2-13(12)21-22-14)20-17(27)16(26)19-4-6-23-5-3-10(8-23)9-24;3-2(4,5)1(6)7/h1-2,7,10,24H,3-6,8-9H2,(H2,18,25)(H,19,26)(H,20,27)(H,21,22);(H,6,7). The number of fused-ring (bicyclic) bond motifs is 1. The first kappa shape index (κ1) is 26.5. The van der Waals surface area contributed by atoms with Gasteiger partial charge >= 0.3 is 24.0 Å². The lowest BCUT2D eigenvalue weighted by molar-refractivity contribution is -0.192. The van der Waals surface area contributed by atoms with Gasteiger partial charge in [-0.25, -0.2) is 4.79 Å². The smallest absolute Gasteiger partial charge is 0.475 e. The molecule has 1 aromatic carbocycles. The number of nitrogens with zero attached hydrogens (tertiary/aromatic N) is 2. The van der Waals surface area contributed by atoms with E-state index in [0.29, 0.717) is 29.7 Å². The summed E-state index contributed by atoms with van der Waals surface area (Å²) in [4.78, 5) is 46.4. The van der Waals surface area contributed by atoms with Gasteiger partial charge in [0.25, 0.3) is 5.91 Å². The molecule has 0 spiro atoms. The maximum Gasteiger partial charge on any atom is 0.490 e. The summed E-state index contributed by atoms with van der Waals surface area (Å²) in [6.45, 7) is 2.81. The highest BCUT2D eigenvalue weighted by atomic mass is 19.4.